The van der Waals surface area contributed by atoms with E-state index in [4.69, 9.17) is 4.74 Å². The van der Waals surface area contributed by atoms with Crippen molar-refractivity contribution in [3.05, 3.63) is 17.5 Å². The van der Waals surface area contributed by atoms with E-state index in [9.17, 15) is 0 Å². The number of aryl methyl sites for hydroxylation is 1. The Bertz CT molecular complexity index is 187. The molecule has 0 amide bonds. The average Bonchev–Trinajstić information content (AvgIpc) is 2.38. The number of rotatable bonds is 4. The molecule has 0 saturated heterocycles. The van der Waals surface area contributed by atoms with Gasteiger partial charge in [0.2, 0.25) is 0 Å². The highest BCUT2D eigenvalue weighted by Gasteiger charge is 1.98. The molecule has 0 spiro atoms. The van der Waals surface area contributed by atoms with Gasteiger partial charge in [-0.15, -0.1) is 0 Å². The molecular formula is C8H14N2O. The number of aromatic nitrogens is 2. The molecule has 0 saturated carbocycles. The number of methoxy groups -OCH3 is 1. The molecule has 0 aliphatic heterocycles. The van der Waals surface area contributed by atoms with Gasteiger partial charge in [0.25, 0.3) is 0 Å². The maximum Gasteiger partial charge on any atom is 0.0878 e. The van der Waals surface area contributed by atoms with Gasteiger partial charge in [-0.1, -0.05) is 13.3 Å². The second-order valence-electron chi connectivity index (χ2n) is 2.57. The number of H-pyrrole nitrogens is 1. The Hall–Kier alpha value is -0.830. The molecular weight excluding hydrogens is 140 g/mol. The third kappa shape index (κ3) is 2.35. The lowest BCUT2D eigenvalue weighted by Gasteiger charge is -1.90. The molecule has 1 rings (SSSR count). The molecule has 0 aliphatic rings. The molecule has 0 fully saturated rings. The van der Waals surface area contributed by atoms with Gasteiger partial charge in [0.15, 0.2) is 0 Å². The van der Waals surface area contributed by atoms with E-state index in [1.807, 2.05) is 6.07 Å². The first-order valence-electron chi connectivity index (χ1n) is 3.89. The fourth-order valence-corrected chi connectivity index (χ4v) is 1.02. The zero-order valence-electron chi connectivity index (χ0n) is 7.05. The van der Waals surface area contributed by atoms with Crippen LogP contribution in [0.25, 0.3) is 0 Å². The van der Waals surface area contributed by atoms with Gasteiger partial charge >= 0.3 is 0 Å². The average molecular weight is 154 g/mol. The number of hydrogen-bond acceptors (Lipinski definition) is 2. The summed E-state index contributed by atoms with van der Waals surface area (Å²) in [6.45, 7) is 2.77. The van der Waals surface area contributed by atoms with Crippen molar-refractivity contribution in [3.63, 3.8) is 0 Å². The Kier molecular flexibility index (Phi) is 3.11. The van der Waals surface area contributed by atoms with Crippen LogP contribution in [0.5, 0.6) is 0 Å². The van der Waals surface area contributed by atoms with Crippen LogP contribution in [0.2, 0.25) is 0 Å². The summed E-state index contributed by atoms with van der Waals surface area (Å²) in [5.74, 6) is 0. The second-order valence-corrected chi connectivity index (χ2v) is 2.57. The first kappa shape index (κ1) is 8.27. The highest BCUT2D eigenvalue weighted by molar-refractivity contribution is 5.07. The van der Waals surface area contributed by atoms with Crippen LogP contribution in [-0.2, 0) is 17.8 Å². The van der Waals surface area contributed by atoms with Gasteiger partial charge in [-0.3, -0.25) is 5.10 Å². The molecule has 62 valence electrons. The predicted molar refractivity (Wildman–Crippen MR) is 43.3 cm³/mol. The second kappa shape index (κ2) is 4.13. The molecule has 0 bridgehead atoms. The smallest absolute Gasteiger partial charge is 0.0878 e. The molecule has 1 aromatic heterocycles. The van der Waals surface area contributed by atoms with Gasteiger partial charge in [0.1, 0.15) is 0 Å². The minimum atomic E-state index is 0.622. The summed E-state index contributed by atoms with van der Waals surface area (Å²) in [5, 5.41) is 7.04. The van der Waals surface area contributed by atoms with E-state index >= 15 is 0 Å². The zero-order valence-corrected chi connectivity index (χ0v) is 7.05. The molecule has 1 N–H and O–H groups in total. The lowest BCUT2D eigenvalue weighted by molar-refractivity contribution is 0.181. The quantitative estimate of drug-likeness (QED) is 0.713. The summed E-state index contributed by atoms with van der Waals surface area (Å²) in [5.41, 5.74) is 2.18. The number of hydrogen-bond donors (Lipinski definition) is 1. The summed E-state index contributed by atoms with van der Waals surface area (Å²) >= 11 is 0. The van der Waals surface area contributed by atoms with Crippen molar-refractivity contribution in [1.82, 2.24) is 10.2 Å². The molecule has 3 nitrogen and oxygen atoms in total. The molecule has 3 heteroatoms. The van der Waals surface area contributed by atoms with E-state index < -0.39 is 0 Å². The van der Waals surface area contributed by atoms with E-state index in [0.717, 1.165) is 24.2 Å². The van der Waals surface area contributed by atoms with Gasteiger partial charge in [-0.2, -0.15) is 5.10 Å². The fraction of sp³-hybridized carbons (Fsp3) is 0.625. The molecule has 0 aromatic carbocycles. The Balaban J connectivity index is 2.51. The Labute approximate surface area is 66.8 Å². The molecule has 1 heterocycles. The molecule has 0 atom stereocenters. The van der Waals surface area contributed by atoms with Crippen molar-refractivity contribution < 1.29 is 4.74 Å². The Morgan fingerprint density at radius 3 is 3.09 bits per heavy atom. The van der Waals surface area contributed by atoms with Crippen LogP contribution in [0.1, 0.15) is 24.7 Å². The first-order valence-corrected chi connectivity index (χ1v) is 3.89. The third-order valence-corrected chi connectivity index (χ3v) is 1.49. The summed E-state index contributed by atoms with van der Waals surface area (Å²) in [4.78, 5) is 0. The number of nitrogens with one attached hydrogen (secondary N) is 1. The monoisotopic (exact) mass is 154 g/mol. The molecule has 0 unspecified atom stereocenters. The standard InChI is InChI=1S/C8H14N2O/c1-3-4-7-5-8(6-11-2)10-9-7/h5H,3-4,6H2,1-2H3,(H,9,10). The maximum absolute atomic E-state index is 4.95. The number of ether oxygens (including phenoxy) is 1. The zero-order chi connectivity index (χ0) is 8.10. The summed E-state index contributed by atoms with van der Waals surface area (Å²) < 4.78 is 4.95. The molecule has 0 aliphatic carbocycles. The minimum Gasteiger partial charge on any atom is -0.378 e. The third-order valence-electron chi connectivity index (χ3n) is 1.49. The van der Waals surface area contributed by atoms with Crippen molar-refractivity contribution in [3.8, 4) is 0 Å². The highest BCUT2D eigenvalue weighted by atomic mass is 16.5. The van der Waals surface area contributed by atoms with Crippen LogP contribution in [-0.4, -0.2) is 17.3 Å². The predicted octanol–water partition coefficient (Wildman–Crippen LogP) is 1.51. The lowest BCUT2D eigenvalue weighted by Crippen LogP contribution is -1.85. The topological polar surface area (TPSA) is 37.9 Å². The largest absolute Gasteiger partial charge is 0.378 e. The first-order chi connectivity index (χ1) is 5.36. The van der Waals surface area contributed by atoms with Crippen molar-refractivity contribution in [2.75, 3.05) is 7.11 Å². The van der Waals surface area contributed by atoms with E-state index in [0.29, 0.717) is 6.61 Å². The van der Waals surface area contributed by atoms with Crippen LogP contribution in [0, 0.1) is 0 Å². The fourth-order valence-electron chi connectivity index (χ4n) is 1.02. The van der Waals surface area contributed by atoms with Gasteiger partial charge in [0, 0.05) is 7.11 Å². The van der Waals surface area contributed by atoms with E-state index in [1.54, 1.807) is 7.11 Å². The van der Waals surface area contributed by atoms with Crippen LogP contribution in [0.4, 0.5) is 0 Å². The number of aromatic amines is 1. The molecule has 0 radical (unpaired) electrons. The lowest BCUT2D eigenvalue weighted by atomic mass is 10.2. The summed E-state index contributed by atoms with van der Waals surface area (Å²) in [6, 6.07) is 2.05. The normalized spacial score (nSPS) is 10.4. The van der Waals surface area contributed by atoms with Gasteiger partial charge in [-0.25, -0.2) is 0 Å². The van der Waals surface area contributed by atoms with Gasteiger partial charge in [0.05, 0.1) is 18.0 Å². The number of nitrogens with zero attached hydrogens (tertiary/aromatic N) is 1. The van der Waals surface area contributed by atoms with E-state index in [1.165, 1.54) is 0 Å². The minimum absolute atomic E-state index is 0.622. The molecule has 11 heavy (non-hydrogen) atoms. The summed E-state index contributed by atoms with van der Waals surface area (Å²) in [6.07, 6.45) is 2.18. The van der Waals surface area contributed by atoms with Crippen LogP contribution in [0.3, 0.4) is 0 Å². The SMILES string of the molecule is CCCc1cc(COC)[nH]n1. The maximum atomic E-state index is 4.95. The van der Waals surface area contributed by atoms with E-state index in [-0.39, 0.29) is 0 Å². The Morgan fingerprint density at radius 1 is 1.64 bits per heavy atom. The van der Waals surface area contributed by atoms with Crippen LogP contribution < -0.4 is 0 Å². The van der Waals surface area contributed by atoms with Crippen LogP contribution >= 0.6 is 0 Å². The van der Waals surface area contributed by atoms with Crippen LogP contribution in [0.15, 0.2) is 6.07 Å². The highest BCUT2D eigenvalue weighted by Crippen LogP contribution is 2.02. The van der Waals surface area contributed by atoms with Crippen molar-refractivity contribution in [1.29, 1.82) is 0 Å². The molecule has 1 aromatic rings. The van der Waals surface area contributed by atoms with Crippen molar-refractivity contribution in [2.24, 2.45) is 0 Å². The Morgan fingerprint density at radius 2 is 2.45 bits per heavy atom. The van der Waals surface area contributed by atoms with E-state index in [2.05, 4.69) is 17.1 Å². The summed E-state index contributed by atoms with van der Waals surface area (Å²) in [7, 11) is 1.68. The van der Waals surface area contributed by atoms with Crippen molar-refractivity contribution >= 4 is 0 Å². The van der Waals surface area contributed by atoms with Gasteiger partial charge in [-0.05, 0) is 12.5 Å². The van der Waals surface area contributed by atoms with Gasteiger partial charge < -0.3 is 4.74 Å². The van der Waals surface area contributed by atoms with Crippen molar-refractivity contribution in [2.45, 2.75) is 26.4 Å².